The first kappa shape index (κ1) is 12.5. The van der Waals surface area contributed by atoms with E-state index in [0.29, 0.717) is 17.4 Å². The van der Waals surface area contributed by atoms with Crippen LogP contribution in [0.2, 0.25) is 0 Å². The normalized spacial score (nSPS) is 12.7. The lowest BCUT2D eigenvalue weighted by atomic mass is 10.2. The van der Waals surface area contributed by atoms with E-state index >= 15 is 0 Å². The summed E-state index contributed by atoms with van der Waals surface area (Å²) in [7, 11) is 0. The van der Waals surface area contributed by atoms with Crippen molar-refractivity contribution >= 4 is 16.6 Å². The van der Waals surface area contributed by atoms with Gasteiger partial charge in [-0.05, 0) is 18.2 Å². The molecule has 0 bridgehead atoms. The molecule has 0 saturated carbocycles. The van der Waals surface area contributed by atoms with E-state index in [9.17, 15) is 10.0 Å². The smallest absolute Gasteiger partial charge is 0.272 e. The van der Waals surface area contributed by atoms with E-state index in [1.165, 1.54) is 12.1 Å². The van der Waals surface area contributed by atoms with Crippen LogP contribution in [0, 0.1) is 5.21 Å². The molecule has 2 aromatic heterocycles. The Morgan fingerprint density at radius 1 is 1.35 bits per heavy atom. The molecule has 1 atom stereocenters. The van der Waals surface area contributed by atoms with Gasteiger partial charge in [0.25, 0.3) is 5.56 Å². The highest BCUT2D eigenvalue weighted by atomic mass is 16.8. The lowest BCUT2D eigenvalue weighted by Gasteiger charge is -2.11. The summed E-state index contributed by atoms with van der Waals surface area (Å²) in [5, 5.41) is 21.9. The summed E-state index contributed by atoms with van der Waals surface area (Å²) in [4.78, 5) is 16.1. The fourth-order valence-corrected chi connectivity index (χ4v) is 2.11. The summed E-state index contributed by atoms with van der Waals surface area (Å²) < 4.78 is 1.66. The number of pyridine rings is 1. The lowest BCUT2D eigenvalue weighted by Crippen LogP contribution is -2.99. The molecule has 0 amide bonds. The third-order valence-electron chi connectivity index (χ3n) is 3.06. The molecule has 1 unspecified atom stereocenters. The van der Waals surface area contributed by atoms with E-state index in [-0.39, 0.29) is 11.2 Å². The second-order valence-electron chi connectivity index (χ2n) is 4.39. The molecule has 3 aromatic rings. The van der Waals surface area contributed by atoms with E-state index < -0.39 is 5.23 Å². The average Bonchev–Trinajstić information content (AvgIpc) is 2.76. The van der Waals surface area contributed by atoms with E-state index in [2.05, 4.69) is 10.1 Å². The predicted octanol–water partition coefficient (Wildman–Crippen LogP) is 0.176. The van der Waals surface area contributed by atoms with Crippen molar-refractivity contribution in [2.45, 2.75) is 6.54 Å². The van der Waals surface area contributed by atoms with Gasteiger partial charge in [-0.3, -0.25) is 19.6 Å². The second-order valence-corrected chi connectivity index (χ2v) is 4.39. The molecule has 0 radical (unpaired) electrons. The molecule has 0 aliphatic heterocycles. The van der Waals surface area contributed by atoms with Crippen LogP contribution in [-0.2, 0) is 6.54 Å². The third kappa shape index (κ3) is 2.21. The van der Waals surface area contributed by atoms with Crippen molar-refractivity contribution in [2.24, 2.45) is 0 Å². The van der Waals surface area contributed by atoms with Gasteiger partial charge in [0, 0.05) is 18.3 Å². The lowest BCUT2D eigenvalue weighted by molar-refractivity contribution is -0.991. The van der Waals surface area contributed by atoms with Crippen LogP contribution < -0.4 is 10.8 Å². The quantitative estimate of drug-likeness (QED) is 0.592. The summed E-state index contributed by atoms with van der Waals surface area (Å²) in [5.41, 5.74) is 1.26. The Balaban J connectivity index is 2.07. The van der Waals surface area contributed by atoms with Gasteiger partial charge >= 0.3 is 0 Å². The van der Waals surface area contributed by atoms with Gasteiger partial charge in [0.05, 0.1) is 23.1 Å². The summed E-state index contributed by atoms with van der Waals surface area (Å²) in [6.45, 7) is 0.423. The maximum atomic E-state index is 11.9. The molecule has 7 nitrogen and oxygen atoms in total. The summed E-state index contributed by atoms with van der Waals surface area (Å²) in [6.07, 6.45) is 1.68. The van der Waals surface area contributed by atoms with Crippen molar-refractivity contribution in [3.63, 3.8) is 0 Å². The maximum absolute atomic E-state index is 11.9. The standard InChI is InChI=1S/C13H12N4O3/c18-13-11-7-10(17(19)20)4-5-12(11)16(15-13)8-9-3-1-2-6-14-9/h1-7,17,19H,8H2,(H,15,18). The highest BCUT2D eigenvalue weighted by Gasteiger charge is 2.10. The van der Waals surface area contributed by atoms with Gasteiger partial charge in [-0.25, -0.2) is 5.21 Å². The van der Waals surface area contributed by atoms with Crippen LogP contribution in [0.1, 0.15) is 5.69 Å². The fraction of sp³-hybridized carbons (Fsp3) is 0.0769. The van der Waals surface area contributed by atoms with Crippen molar-refractivity contribution in [3.8, 4) is 0 Å². The highest BCUT2D eigenvalue weighted by molar-refractivity contribution is 5.80. The minimum atomic E-state index is -1.05. The number of quaternary nitrogens is 1. The van der Waals surface area contributed by atoms with Crippen LogP contribution >= 0.6 is 0 Å². The van der Waals surface area contributed by atoms with Crippen molar-refractivity contribution in [1.29, 1.82) is 0 Å². The summed E-state index contributed by atoms with van der Waals surface area (Å²) in [6, 6.07) is 10.0. The first-order valence-electron chi connectivity index (χ1n) is 6.01. The summed E-state index contributed by atoms with van der Waals surface area (Å²) in [5.74, 6) is 0. The van der Waals surface area contributed by atoms with Gasteiger partial charge in [0.2, 0.25) is 0 Å². The largest absolute Gasteiger partial charge is 0.595 e. The zero-order valence-corrected chi connectivity index (χ0v) is 10.4. The molecule has 3 N–H and O–H groups in total. The Hall–Kier alpha value is -2.48. The molecule has 2 heterocycles. The molecule has 0 spiro atoms. The molecule has 7 heteroatoms. The van der Waals surface area contributed by atoms with Crippen LogP contribution in [-0.4, -0.2) is 20.0 Å². The monoisotopic (exact) mass is 272 g/mol. The molecule has 0 fully saturated rings. The molecule has 0 aliphatic rings. The van der Waals surface area contributed by atoms with E-state index in [1.807, 2.05) is 18.2 Å². The first-order chi connectivity index (χ1) is 9.65. The van der Waals surface area contributed by atoms with Crippen molar-refractivity contribution in [2.75, 3.05) is 0 Å². The molecule has 3 rings (SSSR count). The number of nitrogens with zero attached hydrogens (tertiary/aromatic N) is 2. The van der Waals surface area contributed by atoms with Gasteiger partial charge in [-0.1, -0.05) is 6.07 Å². The minimum Gasteiger partial charge on any atom is -0.595 e. The number of benzene rings is 1. The van der Waals surface area contributed by atoms with Crippen LogP contribution in [0.4, 0.5) is 5.69 Å². The Morgan fingerprint density at radius 2 is 2.20 bits per heavy atom. The van der Waals surface area contributed by atoms with Gasteiger partial charge in [0.15, 0.2) is 5.69 Å². The van der Waals surface area contributed by atoms with Crippen molar-refractivity contribution in [3.05, 3.63) is 63.9 Å². The fourth-order valence-electron chi connectivity index (χ4n) is 2.11. The molecule has 20 heavy (non-hydrogen) atoms. The van der Waals surface area contributed by atoms with Crippen LogP contribution in [0.3, 0.4) is 0 Å². The Kier molecular flexibility index (Phi) is 3.07. The SMILES string of the molecule is O=c1[nH]n(Cc2ccccn2)c2ccc([NH+]([O-])O)cc12. The zero-order valence-electron chi connectivity index (χ0n) is 10.4. The average molecular weight is 272 g/mol. The van der Waals surface area contributed by atoms with Gasteiger partial charge in [-0.15, -0.1) is 0 Å². The van der Waals surface area contributed by atoms with E-state index in [0.717, 1.165) is 5.69 Å². The third-order valence-corrected chi connectivity index (χ3v) is 3.06. The number of aromatic nitrogens is 3. The Bertz CT molecular complexity index is 792. The van der Waals surface area contributed by atoms with Gasteiger partial charge < -0.3 is 5.21 Å². The molecule has 0 aliphatic carbocycles. The first-order valence-corrected chi connectivity index (χ1v) is 6.01. The molecular weight excluding hydrogens is 260 g/mol. The van der Waals surface area contributed by atoms with Crippen LogP contribution in [0.5, 0.6) is 0 Å². The number of hydrogen-bond acceptors (Lipinski definition) is 4. The predicted molar refractivity (Wildman–Crippen MR) is 71.7 cm³/mol. The minimum absolute atomic E-state index is 0.0959. The topological polar surface area (TPSA) is 98.4 Å². The highest BCUT2D eigenvalue weighted by Crippen LogP contribution is 2.14. The van der Waals surface area contributed by atoms with Gasteiger partial charge in [0.1, 0.15) is 0 Å². The van der Waals surface area contributed by atoms with Crippen molar-refractivity contribution in [1.82, 2.24) is 14.8 Å². The van der Waals surface area contributed by atoms with Crippen molar-refractivity contribution < 1.29 is 10.4 Å². The molecule has 102 valence electrons. The molecular formula is C13H12N4O3. The van der Waals surface area contributed by atoms with E-state index in [1.54, 1.807) is 16.9 Å². The number of rotatable bonds is 3. The number of hydrogen-bond donors (Lipinski definition) is 3. The number of nitrogens with one attached hydrogen (secondary N) is 2. The number of fused-ring (bicyclic) bond motifs is 1. The van der Waals surface area contributed by atoms with E-state index in [4.69, 9.17) is 5.21 Å². The maximum Gasteiger partial charge on any atom is 0.272 e. The Labute approximate surface area is 113 Å². The molecule has 0 saturated heterocycles. The van der Waals surface area contributed by atoms with Gasteiger partial charge in [-0.2, -0.15) is 5.23 Å². The van der Waals surface area contributed by atoms with Crippen LogP contribution in [0.25, 0.3) is 10.9 Å². The van der Waals surface area contributed by atoms with Crippen LogP contribution in [0.15, 0.2) is 47.4 Å². The molecule has 1 aromatic carbocycles. The number of H-pyrrole nitrogens is 1. The Morgan fingerprint density at radius 3 is 2.90 bits per heavy atom. The number of aromatic amines is 1. The second kappa shape index (κ2) is 4.89. The zero-order chi connectivity index (χ0) is 14.1. The summed E-state index contributed by atoms with van der Waals surface area (Å²) >= 11 is 0.